The Kier molecular flexibility index (Phi) is 6.87. The van der Waals surface area contributed by atoms with Crippen LogP contribution in [0.1, 0.15) is 25.3 Å². The van der Waals surface area contributed by atoms with Gasteiger partial charge in [0.1, 0.15) is 0 Å². The van der Waals surface area contributed by atoms with Gasteiger partial charge in [-0.25, -0.2) is 0 Å². The van der Waals surface area contributed by atoms with Crippen LogP contribution >= 0.6 is 0 Å². The molecular weight excluding hydrogens is 312 g/mol. The number of nitrogens with zero attached hydrogens (tertiary/aromatic N) is 1. The van der Waals surface area contributed by atoms with Crippen molar-refractivity contribution in [1.82, 2.24) is 10.2 Å². The fourth-order valence-corrected chi connectivity index (χ4v) is 2.40. The van der Waals surface area contributed by atoms with Crippen molar-refractivity contribution in [3.05, 3.63) is 23.8 Å². The molecule has 132 valence electrons. The first kappa shape index (κ1) is 18.1. The number of carbonyl (C=O) groups excluding carboxylic acids is 2. The third kappa shape index (κ3) is 5.42. The van der Waals surface area contributed by atoms with E-state index in [4.69, 9.17) is 14.2 Å². The number of amides is 2. The van der Waals surface area contributed by atoms with Gasteiger partial charge in [-0.2, -0.15) is 0 Å². The average molecular weight is 336 g/mol. The van der Waals surface area contributed by atoms with Crippen molar-refractivity contribution >= 4 is 11.8 Å². The molecule has 1 N–H and O–H groups in total. The zero-order valence-electron chi connectivity index (χ0n) is 14.2. The van der Waals surface area contributed by atoms with Crippen molar-refractivity contribution in [2.45, 2.75) is 26.3 Å². The Labute approximate surface area is 141 Å². The molecule has 1 aromatic carbocycles. The Bertz CT molecular complexity index is 576. The van der Waals surface area contributed by atoms with E-state index in [9.17, 15) is 9.59 Å². The predicted molar refractivity (Wildman–Crippen MR) is 87.8 cm³/mol. The molecular formula is C17H24N2O5. The van der Waals surface area contributed by atoms with Gasteiger partial charge in [0, 0.05) is 46.7 Å². The summed E-state index contributed by atoms with van der Waals surface area (Å²) in [6.45, 7) is 3.76. The minimum absolute atomic E-state index is 0.0327. The SMILES string of the molecule is COCCCN(CCC(=O)NCc1ccc2c(c1)OCO2)C(C)=O. The van der Waals surface area contributed by atoms with Crippen LogP contribution in [0.4, 0.5) is 0 Å². The number of hydrogen-bond donors (Lipinski definition) is 1. The Morgan fingerprint density at radius 1 is 1.25 bits per heavy atom. The van der Waals surface area contributed by atoms with Gasteiger partial charge in [0.05, 0.1) is 0 Å². The van der Waals surface area contributed by atoms with Crippen molar-refractivity contribution in [3.8, 4) is 11.5 Å². The molecule has 0 saturated carbocycles. The molecule has 0 radical (unpaired) electrons. The van der Waals surface area contributed by atoms with Crippen molar-refractivity contribution in [3.63, 3.8) is 0 Å². The van der Waals surface area contributed by atoms with E-state index in [1.165, 1.54) is 6.92 Å². The van der Waals surface area contributed by atoms with Gasteiger partial charge in [0.15, 0.2) is 11.5 Å². The average Bonchev–Trinajstić information content (AvgIpc) is 3.03. The molecule has 1 aromatic rings. The fraction of sp³-hybridized carbons (Fsp3) is 0.529. The first-order chi connectivity index (χ1) is 11.6. The first-order valence-electron chi connectivity index (χ1n) is 8.00. The summed E-state index contributed by atoms with van der Waals surface area (Å²) in [5.41, 5.74) is 0.941. The van der Waals surface area contributed by atoms with E-state index >= 15 is 0 Å². The van der Waals surface area contributed by atoms with Crippen LogP contribution in [-0.4, -0.2) is 50.3 Å². The second-order valence-corrected chi connectivity index (χ2v) is 5.57. The van der Waals surface area contributed by atoms with Gasteiger partial charge in [-0.3, -0.25) is 9.59 Å². The number of carbonyl (C=O) groups is 2. The number of methoxy groups -OCH3 is 1. The molecule has 0 bridgehead atoms. The predicted octanol–water partition coefficient (Wildman–Crippen LogP) is 1.31. The second kappa shape index (κ2) is 9.12. The second-order valence-electron chi connectivity index (χ2n) is 5.57. The molecule has 0 fully saturated rings. The Morgan fingerprint density at radius 2 is 2.04 bits per heavy atom. The molecule has 0 spiro atoms. The van der Waals surface area contributed by atoms with E-state index in [0.29, 0.717) is 32.0 Å². The highest BCUT2D eigenvalue weighted by molar-refractivity contribution is 5.78. The fourth-order valence-electron chi connectivity index (χ4n) is 2.40. The summed E-state index contributed by atoms with van der Waals surface area (Å²) in [6, 6.07) is 5.58. The Hall–Kier alpha value is -2.28. The Morgan fingerprint density at radius 3 is 2.79 bits per heavy atom. The minimum atomic E-state index is -0.0920. The van der Waals surface area contributed by atoms with Crippen molar-refractivity contribution in [1.29, 1.82) is 0 Å². The van der Waals surface area contributed by atoms with E-state index in [1.54, 1.807) is 12.0 Å². The number of rotatable bonds is 9. The molecule has 7 nitrogen and oxygen atoms in total. The van der Waals surface area contributed by atoms with Crippen LogP contribution < -0.4 is 14.8 Å². The third-order valence-electron chi connectivity index (χ3n) is 3.76. The maximum atomic E-state index is 12.0. The third-order valence-corrected chi connectivity index (χ3v) is 3.76. The summed E-state index contributed by atoms with van der Waals surface area (Å²) in [5, 5.41) is 2.85. The highest BCUT2D eigenvalue weighted by atomic mass is 16.7. The maximum Gasteiger partial charge on any atom is 0.231 e. The van der Waals surface area contributed by atoms with E-state index in [-0.39, 0.29) is 25.0 Å². The van der Waals surface area contributed by atoms with E-state index in [1.807, 2.05) is 18.2 Å². The monoisotopic (exact) mass is 336 g/mol. The molecule has 1 aliphatic heterocycles. The molecule has 0 unspecified atom stereocenters. The van der Waals surface area contributed by atoms with Gasteiger partial charge < -0.3 is 24.4 Å². The zero-order valence-corrected chi connectivity index (χ0v) is 14.2. The Balaban J connectivity index is 1.73. The van der Waals surface area contributed by atoms with Crippen LogP contribution in [0.25, 0.3) is 0 Å². The number of fused-ring (bicyclic) bond motifs is 1. The molecule has 7 heteroatoms. The maximum absolute atomic E-state index is 12.0. The van der Waals surface area contributed by atoms with Gasteiger partial charge in [-0.1, -0.05) is 6.07 Å². The van der Waals surface area contributed by atoms with Crippen molar-refractivity contribution < 1.29 is 23.8 Å². The number of hydrogen-bond acceptors (Lipinski definition) is 5. The lowest BCUT2D eigenvalue weighted by Crippen LogP contribution is -2.34. The van der Waals surface area contributed by atoms with E-state index in [2.05, 4.69) is 5.32 Å². The van der Waals surface area contributed by atoms with Crippen LogP contribution in [-0.2, 0) is 20.9 Å². The molecule has 0 atom stereocenters. The van der Waals surface area contributed by atoms with Crippen molar-refractivity contribution in [2.24, 2.45) is 0 Å². The topological polar surface area (TPSA) is 77.1 Å². The summed E-state index contributed by atoms with van der Waals surface area (Å²) in [6.07, 6.45) is 1.03. The van der Waals surface area contributed by atoms with Gasteiger partial charge in [-0.05, 0) is 24.1 Å². The molecule has 24 heavy (non-hydrogen) atoms. The molecule has 2 amide bonds. The van der Waals surface area contributed by atoms with Crippen LogP contribution in [0.3, 0.4) is 0 Å². The van der Waals surface area contributed by atoms with Crippen LogP contribution in [0.2, 0.25) is 0 Å². The summed E-state index contributed by atoms with van der Waals surface area (Å²) in [7, 11) is 1.63. The molecule has 1 heterocycles. The van der Waals surface area contributed by atoms with Gasteiger partial charge in [-0.15, -0.1) is 0 Å². The van der Waals surface area contributed by atoms with Crippen LogP contribution in [0.5, 0.6) is 11.5 Å². The summed E-state index contributed by atoms with van der Waals surface area (Å²) < 4.78 is 15.5. The molecule has 1 aliphatic rings. The highest BCUT2D eigenvalue weighted by Crippen LogP contribution is 2.32. The minimum Gasteiger partial charge on any atom is -0.454 e. The van der Waals surface area contributed by atoms with E-state index < -0.39 is 0 Å². The lowest BCUT2D eigenvalue weighted by molar-refractivity contribution is -0.129. The summed E-state index contributed by atoms with van der Waals surface area (Å²) >= 11 is 0. The normalized spacial score (nSPS) is 12.1. The van der Waals surface area contributed by atoms with E-state index in [0.717, 1.165) is 17.7 Å². The number of benzene rings is 1. The largest absolute Gasteiger partial charge is 0.454 e. The zero-order chi connectivity index (χ0) is 17.4. The summed E-state index contributed by atoms with van der Waals surface area (Å²) in [5.74, 6) is 1.29. The van der Waals surface area contributed by atoms with Gasteiger partial charge in [0.25, 0.3) is 0 Å². The van der Waals surface area contributed by atoms with Crippen molar-refractivity contribution in [2.75, 3.05) is 33.6 Å². The van der Waals surface area contributed by atoms with Gasteiger partial charge >= 0.3 is 0 Å². The highest BCUT2D eigenvalue weighted by Gasteiger charge is 2.14. The molecule has 0 aliphatic carbocycles. The first-order valence-corrected chi connectivity index (χ1v) is 8.00. The van der Waals surface area contributed by atoms with Gasteiger partial charge in [0.2, 0.25) is 18.6 Å². The van der Waals surface area contributed by atoms with Crippen LogP contribution in [0, 0.1) is 0 Å². The molecule has 0 aromatic heterocycles. The lowest BCUT2D eigenvalue weighted by Gasteiger charge is -2.20. The molecule has 2 rings (SSSR count). The lowest BCUT2D eigenvalue weighted by atomic mass is 10.2. The smallest absolute Gasteiger partial charge is 0.231 e. The standard InChI is InChI=1S/C17H24N2O5/c1-13(20)19(7-3-9-22-2)8-6-17(21)18-11-14-4-5-15-16(10-14)24-12-23-15/h4-5,10H,3,6-9,11-12H2,1-2H3,(H,18,21). The quantitative estimate of drug-likeness (QED) is 0.688. The molecule has 0 saturated heterocycles. The summed E-state index contributed by atoms with van der Waals surface area (Å²) in [4.78, 5) is 25.2. The number of ether oxygens (including phenoxy) is 3. The number of nitrogens with one attached hydrogen (secondary N) is 1. The van der Waals surface area contributed by atoms with Crippen LogP contribution in [0.15, 0.2) is 18.2 Å².